The Kier molecular flexibility index (Phi) is 4.00. The molecular formula is C17H14O2. The highest BCUT2D eigenvalue weighted by atomic mass is 16.5. The molecule has 0 spiro atoms. The Hall–Kier alpha value is -2.53. The minimum absolute atomic E-state index is 0.0237. The third-order valence-corrected chi connectivity index (χ3v) is 2.72. The molecule has 0 N–H and O–H groups in total. The fourth-order valence-corrected chi connectivity index (χ4v) is 1.74. The Morgan fingerprint density at radius 1 is 1.05 bits per heavy atom. The third-order valence-electron chi connectivity index (χ3n) is 2.72. The molecule has 0 aliphatic heterocycles. The summed E-state index contributed by atoms with van der Waals surface area (Å²) in [6.45, 7) is 1.55. The lowest BCUT2D eigenvalue weighted by atomic mass is 10.0. The van der Waals surface area contributed by atoms with Gasteiger partial charge in [0.25, 0.3) is 0 Å². The van der Waals surface area contributed by atoms with Gasteiger partial charge in [-0.3, -0.25) is 4.79 Å². The minimum Gasteiger partial charge on any atom is -0.497 e. The zero-order chi connectivity index (χ0) is 13.7. The number of Topliss-reactive ketones (excluding diaryl/α,β-unsaturated/α-hetero) is 1. The van der Waals surface area contributed by atoms with Crippen molar-refractivity contribution >= 4 is 5.78 Å². The van der Waals surface area contributed by atoms with E-state index in [2.05, 4.69) is 11.8 Å². The van der Waals surface area contributed by atoms with Gasteiger partial charge in [0, 0.05) is 16.7 Å². The van der Waals surface area contributed by atoms with Crippen LogP contribution >= 0.6 is 0 Å². The van der Waals surface area contributed by atoms with Crippen LogP contribution in [0.4, 0.5) is 0 Å². The summed E-state index contributed by atoms with van der Waals surface area (Å²) in [7, 11) is 1.62. The molecule has 0 saturated carbocycles. The number of ketones is 1. The molecule has 0 aliphatic rings. The summed E-state index contributed by atoms with van der Waals surface area (Å²) >= 11 is 0. The molecule has 2 aromatic rings. The molecule has 0 aromatic heterocycles. The van der Waals surface area contributed by atoms with Gasteiger partial charge in [0.2, 0.25) is 0 Å². The summed E-state index contributed by atoms with van der Waals surface area (Å²) in [5.41, 5.74) is 2.26. The summed E-state index contributed by atoms with van der Waals surface area (Å²) in [5.74, 6) is 6.88. The predicted octanol–water partition coefficient (Wildman–Crippen LogP) is 3.30. The van der Waals surface area contributed by atoms with Crippen LogP contribution in [0, 0.1) is 11.8 Å². The van der Waals surface area contributed by atoms with Crippen molar-refractivity contribution in [2.75, 3.05) is 7.11 Å². The van der Waals surface area contributed by atoms with E-state index in [4.69, 9.17) is 4.74 Å². The molecule has 2 heteroatoms. The van der Waals surface area contributed by atoms with Crippen molar-refractivity contribution in [3.8, 4) is 17.6 Å². The number of ether oxygens (including phenoxy) is 1. The van der Waals surface area contributed by atoms with Gasteiger partial charge in [0.05, 0.1) is 7.11 Å². The Bertz CT molecular complexity index is 660. The van der Waals surface area contributed by atoms with Crippen molar-refractivity contribution in [2.24, 2.45) is 0 Å². The largest absolute Gasteiger partial charge is 0.497 e. The molecular weight excluding hydrogens is 236 g/mol. The van der Waals surface area contributed by atoms with E-state index in [9.17, 15) is 4.79 Å². The lowest BCUT2D eigenvalue weighted by Crippen LogP contribution is -1.95. The van der Waals surface area contributed by atoms with Crippen LogP contribution in [0.15, 0.2) is 48.5 Å². The lowest BCUT2D eigenvalue weighted by molar-refractivity contribution is 0.101. The second-order valence-electron chi connectivity index (χ2n) is 4.08. The first kappa shape index (κ1) is 12.9. The fraction of sp³-hybridized carbons (Fsp3) is 0.118. The van der Waals surface area contributed by atoms with Crippen LogP contribution in [0.5, 0.6) is 5.75 Å². The topological polar surface area (TPSA) is 26.3 Å². The van der Waals surface area contributed by atoms with Gasteiger partial charge in [-0.05, 0) is 31.2 Å². The van der Waals surface area contributed by atoms with Crippen molar-refractivity contribution in [3.05, 3.63) is 65.2 Å². The van der Waals surface area contributed by atoms with Gasteiger partial charge in [-0.25, -0.2) is 0 Å². The Labute approximate surface area is 113 Å². The molecule has 0 amide bonds. The van der Waals surface area contributed by atoms with Crippen LogP contribution < -0.4 is 4.74 Å². The normalized spacial score (nSPS) is 9.37. The standard InChI is InChI=1S/C17H14O2/c1-13(18)17-9-4-3-7-15(17)11-10-14-6-5-8-16(12-14)19-2/h3-9,12H,1-2H3. The molecule has 94 valence electrons. The molecule has 0 fully saturated rings. The average molecular weight is 250 g/mol. The first-order valence-electron chi connectivity index (χ1n) is 5.97. The maximum Gasteiger partial charge on any atom is 0.161 e. The number of hydrogen-bond donors (Lipinski definition) is 0. The summed E-state index contributed by atoms with van der Waals surface area (Å²) in [6, 6.07) is 14.9. The van der Waals surface area contributed by atoms with Crippen LogP contribution in [0.1, 0.15) is 28.4 Å². The fourth-order valence-electron chi connectivity index (χ4n) is 1.74. The van der Waals surface area contributed by atoms with Gasteiger partial charge >= 0.3 is 0 Å². The molecule has 2 rings (SSSR count). The predicted molar refractivity (Wildman–Crippen MR) is 75.4 cm³/mol. The molecule has 2 nitrogen and oxygen atoms in total. The molecule has 0 radical (unpaired) electrons. The first-order chi connectivity index (χ1) is 9.20. The van der Waals surface area contributed by atoms with Crippen molar-refractivity contribution < 1.29 is 9.53 Å². The smallest absolute Gasteiger partial charge is 0.161 e. The Morgan fingerprint density at radius 2 is 1.84 bits per heavy atom. The van der Waals surface area contributed by atoms with Gasteiger partial charge in [-0.2, -0.15) is 0 Å². The quantitative estimate of drug-likeness (QED) is 0.604. The first-order valence-corrected chi connectivity index (χ1v) is 5.97. The molecule has 0 unspecified atom stereocenters. The van der Waals surface area contributed by atoms with Crippen LogP contribution in [-0.4, -0.2) is 12.9 Å². The zero-order valence-electron chi connectivity index (χ0n) is 10.9. The van der Waals surface area contributed by atoms with Crippen molar-refractivity contribution in [1.82, 2.24) is 0 Å². The molecule has 2 aromatic carbocycles. The van der Waals surface area contributed by atoms with Gasteiger partial charge in [-0.15, -0.1) is 0 Å². The van der Waals surface area contributed by atoms with E-state index >= 15 is 0 Å². The van der Waals surface area contributed by atoms with E-state index < -0.39 is 0 Å². The summed E-state index contributed by atoms with van der Waals surface area (Å²) < 4.78 is 5.15. The molecule has 19 heavy (non-hydrogen) atoms. The molecule has 0 heterocycles. The SMILES string of the molecule is COc1cccc(C#Cc2ccccc2C(C)=O)c1. The van der Waals surface area contributed by atoms with Crippen LogP contribution in [0.25, 0.3) is 0 Å². The number of hydrogen-bond acceptors (Lipinski definition) is 2. The van der Waals surface area contributed by atoms with Crippen LogP contribution in [0.3, 0.4) is 0 Å². The highest BCUT2D eigenvalue weighted by Gasteiger charge is 2.03. The maximum absolute atomic E-state index is 11.5. The lowest BCUT2D eigenvalue weighted by Gasteiger charge is -2.00. The maximum atomic E-state index is 11.5. The Morgan fingerprint density at radius 3 is 2.58 bits per heavy atom. The number of carbonyl (C=O) groups excluding carboxylic acids is 1. The second kappa shape index (κ2) is 5.88. The van der Waals surface area contributed by atoms with Gasteiger partial charge in [0.15, 0.2) is 5.78 Å². The molecule has 0 bridgehead atoms. The molecule has 0 aliphatic carbocycles. The summed E-state index contributed by atoms with van der Waals surface area (Å²) in [6.07, 6.45) is 0. The van der Waals surface area contributed by atoms with Crippen LogP contribution in [-0.2, 0) is 0 Å². The highest BCUT2D eigenvalue weighted by molar-refractivity contribution is 5.96. The van der Waals surface area contributed by atoms with E-state index in [1.54, 1.807) is 20.1 Å². The zero-order valence-corrected chi connectivity index (χ0v) is 10.9. The summed E-state index contributed by atoms with van der Waals surface area (Å²) in [4.78, 5) is 11.5. The van der Waals surface area contributed by atoms with Gasteiger partial charge in [0.1, 0.15) is 5.75 Å². The number of methoxy groups -OCH3 is 1. The van der Waals surface area contributed by atoms with E-state index in [0.29, 0.717) is 5.56 Å². The number of carbonyl (C=O) groups is 1. The number of benzene rings is 2. The van der Waals surface area contributed by atoms with Gasteiger partial charge < -0.3 is 4.74 Å². The average Bonchev–Trinajstić information content (AvgIpc) is 2.45. The van der Waals surface area contributed by atoms with Crippen LogP contribution in [0.2, 0.25) is 0 Å². The Balaban J connectivity index is 2.36. The monoisotopic (exact) mass is 250 g/mol. The highest BCUT2D eigenvalue weighted by Crippen LogP contribution is 2.12. The number of rotatable bonds is 2. The van der Waals surface area contributed by atoms with E-state index in [1.807, 2.05) is 42.5 Å². The van der Waals surface area contributed by atoms with Crippen molar-refractivity contribution in [1.29, 1.82) is 0 Å². The van der Waals surface area contributed by atoms with Crippen molar-refractivity contribution in [3.63, 3.8) is 0 Å². The van der Waals surface area contributed by atoms with E-state index in [-0.39, 0.29) is 5.78 Å². The van der Waals surface area contributed by atoms with E-state index in [1.165, 1.54) is 0 Å². The van der Waals surface area contributed by atoms with Crippen molar-refractivity contribution in [2.45, 2.75) is 6.92 Å². The van der Waals surface area contributed by atoms with E-state index in [0.717, 1.165) is 16.9 Å². The third kappa shape index (κ3) is 3.23. The molecule has 0 atom stereocenters. The second-order valence-corrected chi connectivity index (χ2v) is 4.08. The minimum atomic E-state index is 0.0237. The molecule has 0 saturated heterocycles. The summed E-state index contributed by atoms with van der Waals surface area (Å²) in [5, 5.41) is 0. The van der Waals surface area contributed by atoms with Gasteiger partial charge in [-0.1, -0.05) is 36.1 Å².